The van der Waals surface area contributed by atoms with Crippen LogP contribution in [0, 0.1) is 5.82 Å². The fourth-order valence-corrected chi connectivity index (χ4v) is 2.75. The number of nitrogens with one attached hydrogen (secondary N) is 2. The van der Waals surface area contributed by atoms with Crippen molar-refractivity contribution in [3.05, 3.63) is 46.2 Å². The van der Waals surface area contributed by atoms with Gasteiger partial charge in [-0.1, -0.05) is 12.1 Å². The zero-order chi connectivity index (χ0) is 17.9. The molecule has 0 aliphatic heterocycles. The van der Waals surface area contributed by atoms with Crippen LogP contribution >= 0.6 is 11.5 Å². The van der Waals surface area contributed by atoms with Crippen LogP contribution in [0.3, 0.4) is 0 Å². The fraction of sp³-hybridized carbons (Fsp3) is 0.312. The summed E-state index contributed by atoms with van der Waals surface area (Å²) in [4.78, 5) is 24.5. The minimum absolute atomic E-state index is 0.0493. The fourth-order valence-electron chi connectivity index (χ4n) is 2.05. The maximum atomic E-state index is 13.0. The average molecular weight is 350 g/mol. The highest BCUT2D eigenvalue weighted by Crippen LogP contribution is 2.23. The standard InChI is InChI=1S/C16H19FN4O2S/c1-8(2)19-15(22)13-12(18)14(24-21-13)16(23)20-9(3)10-4-6-11(17)7-5-10/h4-9H,18H2,1-3H3,(H,19,22)(H,20,23). The van der Waals surface area contributed by atoms with Gasteiger partial charge in [-0.15, -0.1) is 0 Å². The smallest absolute Gasteiger partial charge is 0.273 e. The molecule has 1 heterocycles. The summed E-state index contributed by atoms with van der Waals surface area (Å²) in [7, 11) is 0. The maximum absolute atomic E-state index is 13.0. The Balaban J connectivity index is 2.11. The second-order valence-corrected chi connectivity index (χ2v) is 6.42. The first-order chi connectivity index (χ1) is 11.3. The Morgan fingerprint density at radius 1 is 1.12 bits per heavy atom. The number of halogens is 1. The molecule has 128 valence electrons. The Labute approximate surface area is 143 Å². The average Bonchev–Trinajstić information content (AvgIpc) is 2.89. The topological polar surface area (TPSA) is 97.1 Å². The minimum atomic E-state index is -0.426. The van der Waals surface area contributed by atoms with E-state index in [4.69, 9.17) is 5.73 Å². The summed E-state index contributed by atoms with van der Waals surface area (Å²) in [5.74, 6) is -1.18. The van der Waals surface area contributed by atoms with Crippen molar-refractivity contribution in [2.75, 3.05) is 5.73 Å². The second-order valence-electron chi connectivity index (χ2n) is 5.65. The second kappa shape index (κ2) is 7.39. The molecular formula is C16H19FN4O2S. The quantitative estimate of drug-likeness (QED) is 0.772. The molecule has 1 atom stereocenters. The predicted molar refractivity (Wildman–Crippen MR) is 91.4 cm³/mol. The van der Waals surface area contributed by atoms with Crippen LogP contribution in [0.2, 0.25) is 0 Å². The number of nitrogens with two attached hydrogens (primary N) is 1. The summed E-state index contributed by atoms with van der Waals surface area (Å²) in [5, 5.41) is 5.45. The first kappa shape index (κ1) is 17.9. The van der Waals surface area contributed by atoms with Crippen LogP contribution in [0.4, 0.5) is 10.1 Å². The summed E-state index contributed by atoms with van der Waals surface area (Å²) in [6, 6.07) is 5.44. The van der Waals surface area contributed by atoms with Gasteiger partial charge in [0.15, 0.2) is 5.69 Å². The lowest BCUT2D eigenvalue weighted by Gasteiger charge is -2.13. The molecule has 0 spiro atoms. The number of aromatic nitrogens is 1. The van der Waals surface area contributed by atoms with Crippen molar-refractivity contribution in [2.45, 2.75) is 32.9 Å². The minimum Gasteiger partial charge on any atom is -0.395 e. The molecule has 24 heavy (non-hydrogen) atoms. The van der Waals surface area contributed by atoms with E-state index in [1.807, 2.05) is 13.8 Å². The van der Waals surface area contributed by atoms with E-state index in [1.165, 1.54) is 12.1 Å². The number of rotatable bonds is 5. The molecule has 0 fully saturated rings. The third kappa shape index (κ3) is 4.08. The third-order valence-corrected chi connectivity index (χ3v) is 4.15. The molecule has 4 N–H and O–H groups in total. The number of anilines is 1. The zero-order valence-corrected chi connectivity index (χ0v) is 14.4. The van der Waals surface area contributed by atoms with Crippen LogP contribution in [0.15, 0.2) is 24.3 Å². The largest absolute Gasteiger partial charge is 0.395 e. The lowest BCUT2D eigenvalue weighted by atomic mass is 10.1. The summed E-state index contributed by atoms with van der Waals surface area (Å²) >= 11 is 0.871. The highest BCUT2D eigenvalue weighted by molar-refractivity contribution is 7.09. The highest BCUT2D eigenvalue weighted by Gasteiger charge is 2.23. The SMILES string of the molecule is CC(C)NC(=O)c1nsc(C(=O)NC(C)c2ccc(F)cc2)c1N. The van der Waals surface area contributed by atoms with Gasteiger partial charge in [-0.25, -0.2) is 4.39 Å². The molecule has 1 aromatic carbocycles. The number of nitrogens with zero attached hydrogens (tertiary/aromatic N) is 1. The lowest BCUT2D eigenvalue weighted by molar-refractivity contribution is 0.0938. The number of nitrogen functional groups attached to an aromatic ring is 1. The van der Waals surface area contributed by atoms with Gasteiger partial charge in [0.2, 0.25) is 0 Å². The molecule has 2 rings (SSSR count). The number of amides is 2. The summed E-state index contributed by atoms with van der Waals surface area (Å²) in [6.45, 7) is 5.41. The number of benzene rings is 1. The van der Waals surface area contributed by atoms with Gasteiger partial charge in [-0.3, -0.25) is 9.59 Å². The van der Waals surface area contributed by atoms with Crippen LogP contribution in [0.5, 0.6) is 0 Å². The molecule has 6 nitrogen and oxygen atoms in total. The van der Waals surface area contributed by atoms with Gasteiger partial charge in [0.1, 0.15) is 10.7 Å². The number of hydrogen-bond acceptors (Lipinski definition) is 5. The van der Waals surface area contributed by atoms with Gasteiger partial charge in [0, 0.05) is 6.04 Å². The van der Waals surface area contributed by atoms with Crippen molar-refractivity contribution < 1.29 is 14.0 Å². The number of carbonyl (C=O) groups excluding carboxylic acids is 2. The van der Waals surface area contributed by atoms with Gasteiger partial charge in [0.05, 0.1) is 11.7 Å². The van der Waals surface area contributed by atoms with E-state index < -0.39 is 11.8 Å². The molecule has 2 amide bonds. The molecule has 0 aliphatic carbocycles. The van der Waals surface area contributed by atoms with E-state index in [2.05, 4.69) is 15.0 Å². The summed E-state index contributed by atoms with van der Waals surface area (Å²) in [6.07, 6.45) is 0. The normalized spacial score (nSPS) is 12.0. The third-order valence-electron chi connectivity index (χ3n) is 3.29. The Morgan fingerprint density at radius 2 is 1.75 bits per heavy atom. The molecule has 2 aromatic rings. The molecular weight excluding hydrogens is 331 g/mol. The first-order valence-electron chi connectivity index (χ1n) is 7.42. The van der Waals surface area contributed by atoms with Crippen LogP contribution in [-0.4, -0.2) is 22.2 Å². The van der Waals surface area contributed by atoms with Crippen LogP contribution in [0.1, 0.15) is 52.5 Å². The van der Waals surface area contributed by atoms with Gasteiger partial charge in [-0.05, 0) is 50.0 Å². The Morgan fingerprint density at radius 3 is 2.33 bits per heavy atom. The number of hydrogen-bond donors (Lipinski definition) is 3. The van der Waals surface area contributed by atoms with E-state index in [1.54, 1.807) is 19.1 Å². The molecule has 8 heteroatoms. The van der Waals surface area contributed by atoms with Crippen molar-refractivity contribution in [3.8, 4) is 0 Å². The van der Waals surface area contributed by atoms with Crippen molar-refractivity contribution in [2.24, 2.45) is 0 Å². The first-order valence-corrected chi connectivity index (χ1v) is 8.19. The molecule has 0 aliphatic rings. The summed E-state index contributed by atoms with van der Waals surface area (Å²) in [5.41, 5.74) is 6.75. The summed E-state index contributed by atoms with van der Waals surface area (Å²) < 4.78 is 16.9. The Kier molecular flexibility index (Phi) is 5.50. The predicted octanol–water partition coefficient (Wildman–Crippen LogP) is 2.49. The zero-order valence-electron chi connectivity index (χ0n) is 13.6. The Hall–Kier alpha value is -2.48. The Bertz CT molecular complexity index is 743. The monoisotopic (exact) mass is 350 g/mol. The van der Waals surface area contributed by atoms with E-state index in [9.17, 15) is 14.0 Å². The van der Waals surface area contributed by atoms with Crippen molar-refractivity contribution in [3.63, 3.8) is 0 Å². The van der Waals surface area contributed by atoms with E-state index in [-0.39, 0.29) is 34.2 Å². The molecule has 0 bridgehead atoms. The van der Waals surface area contributed by atoms with Gasteiger partial charge < -0.3 is 16.4 Å². The van der Waals surface area contributed by atoms with Gasteiger partial charge in [-0.2, -0.15) is 4.37 Å². The van der Waals surface area contributed by atoms with E-state index in [0.29, 0.717) is 0 Å². The maximum Gasteiger partial charge on any atom is 0.273 e. The van der Waals surface area contributed by atoms with E-state index >= 15 is 0 Å². The molecule has 0 saturated carbocycles. The molecule has 1 aromatic heterocycles. The number of carbonyl (C=O) groups is 2. The van der Waals surface area contributed by atoms with E-state index in [0.717, 1.165) is 17.1 Å². The van der Waals surface area contributed by atoms with Crippen molar-refractivity contribution >= 4 is 29.0 Å². The van der Waals surface area contributed by atoms with Crippen LogP contribution in [0.25, 0.3) is 0 Å². The molecule has 0 saturated heterocycles. The molecule has 1 unspecified atom stereocenters. The lowest BCUT2D eigenvalue weighted by Crippen LogP contribution is -2.31. The van der Waals surface area contributed by atoms with Crippen molar-refractivity contribution in [1.29, 1.82) is 0 Å². The van der Waals surface area contributed by atoms with Crippen LogP contribution in [-0.2, 0) is 0 Å². The van der Waals surface area contributed by atoms with Gasteiger partial charge >= 0.3 is 0 Å². The van der Waals surface area contributed by atoms with Crippen molar-refractivity contribution in [1.82, 2.24) is 15.0 Å². The highest BCUT2D eigenvalue weighted by atomic mass is 32.1. The molecule has 0 radical (unpaired) electrons. The van der Waals surface area contributed by atoms with Gasteiger partial charge in [0.25, 0.3) is 11.8 Å². The van der Waals surface area contributed by atoms with Crippen LogP contribution < -0.4 is 16.4 Å².